The van der Waals surface area contributed by atoms with E-state index in [9.17, 15) is 5.11 Å². The molecule has 0 spiro atoms. The van der Waals surface area contributed by atoms with Crippen LogP contribution < -0.4 is 10.1 Å². The first-order valence-corrected chi connectivity index (χ1v) is 7.72. The first-order chi connectivity index (χ1) is 11.1. The van der Waals surface area contributed by atoms with Crippen LogP contribution in [0.5, 0.6) is 5.75 Å². The fourth-order valence-electron chi connectivity index (χ4n) is 2.54. The van der Waals surface area contributed by atoms with Gasteiger partial charge in [0.2, 0.25) is 0 Å². The minimum atomic E-state index is -0.776. The summed E-state index contributed by atoms with van der Waals surface area (Å²) >= 11 is 0. The van der Waals surface area contributed by atoms with Crippen molar-refractivity contribution in [3.63, 3.8) is 0 Å². The van der Waals surface area contributed by atoms with E-state index in [2.05, 4.69) is 17.4 Å². The molecule has 2 N–H and O–H groups in total. The fraction of sp³-hybridized carbons (Fsp3) is 0.368. The Bertz CT molecular complexity index is 642. The average molecular weight is 315 g/mol. The van der Waals surface area contributed by atoms with E-state index in [1.54, 1.807) is 14.2 Å². The highest BCUT2D eigenvalue weighted by molar-refractivity contribution is 5.37. The smallest absolute Gasteiger partial charge is 0.135 e. The summed E-state index contributed by atoms with van der Waals surface area (Å²) in [5.74, 6) is 0.878. The van der Waals surface area contributed by atoms with Gasteiger partial charge in [0.25, 0.3) is 0 Å². The van der Waals surface area contributed by atoms with Gasteiger partial charge in [0.1, 0.15) is 24.7 Å². The molecule has 0 aliphatic carbocycles. The maximum atomic E-state index is 10.1. The lowest BCUT2D eigenvalue weighted by Gasteiger charge is -2.24. The van der Waals surface area contributed by atoms with E-state index >= 15 is 0 Å². The zero-order chi connectivity index (χ0) is 16.8. The predicted molar refractivity (Wildman–Crippen MR) is 91.5 cm³/mol. The molecule has 0 amide bonds. The molecule has 2 unspecified atom stereocenters. The normalized spacial score (nSPS) is 13.6. The van der Waals surface area contributed by atoms with Crippen molar-refractivity contribution in [1.82, 2.24) is 5.32 Å². The van der Waals surface area contributed by atoms with Crippen LogP contribution in [0.1, 0.15) is 28.4 Å². The first kappa shape index (κ1) is 17.5. The Kier molecular flexibility index (Phi) is 6.16. The van der Waals surface area contributed by atoms with Crippen molar-refractivity contribution in [2.75, 3.05) is 14.2 Å². The van der Waals surface area contributed by atoms with E-state index < -0.39 is 12.3 Å². The van der Waals surface area contributed by atoms with Crippen LogP contribution in [-0.4, -0.2) is 25.5 Å². The van der Waals surface area contributed by atoms with Crippen molar-refractivity contribution in [2.45, 2.75) is 32.8 Å². The number of nitrogens with one attached hydrogen (secondary N) is 1. The third-order valence-corrected chi connectivity index (χ3v) is 3.92. The van der Waals surface area contributed by atoms with Crippen LogP contribution in [0.15, 0.2) is 42.5 Å². The van der Waals surface area contributed by atoms with Crippen LogP contribution in [0.25, 0.3) is 0 Å². The van der Waals surface area contributed by atoms with Crippen LogP contribution in [0.4, 0.5) is 0 Å². The van der Waals surface area contributed by atoms with Crippen molar-refractivity contribution < 1.29 is 14.6 Å². The topological polar surface area (TPSA) is 50.7 Å². The van der Waals surface area contributed by atoms with Crippen molar-refractivity contribution in [1.29, 1.82) is 0 Å². The number of benzene rings is 2. The Morgan fingerprint density at radius 2 is 1.87 bits per heavy atom. The molecule has 0 radical (unpaired) electrons. The summed E-state index contributed by atoms with van der Waals surface area (Å²) in [6.45, 7) is 4.50. The summed E-state index contributed by atoms with van der Waals surface area (Å²) in [5.41, 5.74) is 4.18. The van der Waals surface area contributed by atoms with Gasteiger partial charge in [-0.3, -0.25) is 5.32 Å². The summed E-state index contributed by atoms with van der Waals surface area (Å²) in [7, 11) is 3.29. The summed E-state index contributed by atoms with van der Waals surface area (Å²) in [4.78, 5) is 0. The number of hydrogen-bond donors (Lipinski definition) is 2. The van der Waals surface area contributed by atoms with Crippen molar-refractivity contribution in [3.05, 3.63) is 64.7 Å². The largest absolute Gasteiger partial charge is 0.489 e. The van der Waals surface area contributed by atoms with Gasteiger partial charge in [-0.25, -0.2) is 0 Å². The molecule has 2 aromatic carbocycles. The summed E-state index contributed by atoms with van der Waals surface area (Å²) < 4.78 is 11.5. The number of aliphatic hydroxyl groups is 1. The number of hydrogen-bond acceptors (Lipinski definition) is 4. The highest BCUT2D eigenvalue weighted by Gasteiger charge is 2.22. The molecule has 0 saturated heterocycles. The molecule has 0 aliphatic rings. The van der Waals surface area contributed by atoms with Crippen LogP contribution in [0.3, 0.4) is 0 Å². The Hall–Kier alpha value is -1.88. The maximum absolute atomic E-state index is 10.1. The Balaban J connectivity index is 2.22. The van der Waals surface area contributed by atoms with E-state index in [-0.39, 0.29) is 0 Å². The van der Waals surface area contributed by atoms with Gasteiger partial charge in [-0.2, -0.15) is 0 Å². The lowest BCUT2D eigenvalue weighted by atomic mass is 10.0. The van der Waals surface area contributed by atoms with Gasteiger partial charge >= 0.3 is 0 Å². The Morgan fingerprint density at radius 1 is 1.13 bits per heavy atom. The molecule has 2 aromatic rings. The molecule has 4 heteroatoms. The zero-order valence-corrected chi connectivity index (χ0v) is 14.2. The summed E-state index contributed by atoms with van der Waals surface area (Å²) in [5, 5.41) is 12.9. The third kappa shape index (κ3) is 4.32. The highest BCUT2D eigenvalue weighted by Crippen LogP contribution is 2.26. The number of methoxy groups -OCH3 is 1. The molecule has 2 atom stereocenters. The molecule has 0 heterocycles. The van der Waals surface area contributed by atoms with Crippen LogP contribution in [0.2, 0.25) is 0 Å². The van der Waals surface area contributed by atoms with Crippen LogP contribution in [-0.2, 0) is 11.3 Å². The van der Waals surface area contributed by atoms with Gasteiger partial charge in [0.05, 0.1) is 0 Å². The lowest BCUT2D eigenvalue weighted by Crippen LogP contribution is -2.33. The van der Waals surface area contributed by atoms with Crippen molar-refractivity contribution in [3.8, 4) is 5.75 Å². The molecule has 0 bridgehead atoms. The minimum absolute atomic E-state index is 0.427. The second-order valence-corrected chi connectivity index (χ2v) is 5.65. The van der Waals surface area contributed by atoms with Gasteiger partial charge in [0.15, 0.2) is 0 Å². The molecule has 0 aromatic heterocycles. The second kappa shape index (κ2) is 8.11. The first-order valence-electron chi connectivity index (χ1n) is 7.72. The number of aliphatic hydroxyl groups excluding tert-OH is 1. The molecule has 0 aliphatic heterocycles. The number of likely N-dealkylation sites (N-methyl/N-ethyl adjacent to an activating group) is 1. The maximum Gasteiger partial charge on any atom is 0.135 e. The molecular weight excluding hydrogens is 290 g/mol. The third-order valence-electron chi connectivity index (χ3n) is 3.92. The average Bonchev–Trinajstić information content (AvgIpc) is 2.57. The molecule has 23 heavy (non-hydrogen) atoms. The highest BCUT2D eigenvalue weighted by atomic mass is 16.5. The Morgan fingerprint density at radius 3 is 2.57 bits per heavy atom. The van der Waals surface area contributed by atoms with Gasteiger partial charge in [-0.1, -0.05) is 36.4 Å². The van der Waals surface area contributed by atoms with E-state index in [0.717, 1.165) is 22.4 Å². The van der Waals surface area contributed by atoms with E-state index in [4.69, 9.17) is 9.47 Å². The van der Waals surface area contributed by atoms with Gasteiger partial charge in [0, 0.05) is 7.11 Å². The summed E-state index contributed by atoms with van der Waals surface area (Å²) in [6, 6.07) is 14.0. The van der Waals surface area contributed by atoms with Gasteiger partial charge in [-0.15, -0.1) is 0 Å². The quantitative estimate of drug-likeness (QED) is 0.771. The van der Waals surface area contributed by atoms with Gasteiger partial charge < -0.3 is 14.6 Å². The molecule has 4 nitrogen and oxygen atoms in total. The second-order valence-electron chi connectivity index (χ2n) is 5.65. The van der Waals surface area contributed by atoms with Gasteiger partial charge in [-0.05, 0) is 49.2 Å². The number of ether oxygens (including phenoxy) is 2. The van der Waals surface area contributed by atoms with E-state index in [1.165, 1.54) is 5.56 Å². The molecule has 0 fully saturated rings. The number of aryl methyl sites for hydroxylation is 2. The van der Waals surface area contributed by atoms with Crippen molar-refractivity contribution >= 4 is 0 Å². The van der Waals surface area contributed by atoms with Crippen molar-refractivity contribution in [2.24, 2.45) is 0 Å². The number of rotatable bonds is 7. The standard InChI is InChI=1S/C19H25NO3/c1-13-9-10-14(2)17(11-13)23-12-15-7-5-6-8-16(15)18(22-4)19(21)20-3/h5-11,18-21H,12H2,1-4H3. The predicted octanol–water partition coefficient (Wildman–Crippen LogP) is 3.11. The molecular formula is C19H25NO3. The fourth-order valence-corrected chi connectivity index (χ4v) is 2.54. The summed E-state index contributed by atoms with van der Waals surface area (Å²) in [6.07, 6.45) is -1.22. The van der Waals surface area contributed by atoms with E-state index in [0.29, 0.717) is 6.61 Å². The van der Waals surface area contributed by atoms with E-state index in [1.807, 2.05) is 44.2 Å². The molecule has 2 rings (SSSR count). The zero-order valence-electron chi connectivity index (χ0n) is 14.2. The molecule has 124 valence electrons. The lowest BCUT2D eigenvalue weighted by molar-refractivity contribution is -0.0277. The molecule has 0 saturated carbocycles. The minimum Gasteiger partial charge on any atom is -0.489 e. The van der Waals surface area contributed by atoms with Crippen LogP contribution >= 0.6 is 0 Å². The Labute approximate surface area is 138 Å². The van der Waals surface area contributed by atoms with Crippen LogP contribution in [0, 0.1) is 13.8 Å². The SMILES string of the molecule is CNC(O)C(OC)c1ccccc1COc1cc(C)ccc1C. The monoisotopic (exact) mass is 315 g/mol.